The van der Waals surface area contributed by atoms with Crippen molar-refractivity contribution in [2.45, 2.75) is 6.42 Å². The summed E-state index contributed by atoms with van der Waals surface area (Å²) in [5.41, 5.74) is 4.91. The normalized spacial score (nSPS) is 9.96. The van der Waals surface area contributed by atoms with E-state index in [-0.39, 0.29) is 24.2 Å². The molecular formula is C17H15ClN4O5. The molecule has 0 aliphatic rings. The number of halogens is 1. The van der Waals surface area contributed by atoms with Gasteiger partial charge in [0.1, 0.15) is 0 Å². The van der Waals surface area contributed by atoms with Crippen LogP contribution in [0.25, 0.3) is 0 Å². The van der Waals surface area contributed by atoms with Crippen LogP contribution in [0.1, 0.15) is 27.1 Å². The van der Waals surface area contributed by atoms with Gasteiger partial charge in [-0.1, -0.05) is 11.6 Å². The molecular weight excluding hydrogens is 376 g/mol. The molecule has 0 atom stereocenters. The molecule has 0 aliphatic carbocycles. The Morgan fingerprint density at radius 1 is 0.889 bits per heavy atom. The van der Waals surface area contributed by atoms with E-state index in [1.165, 1.54) is 36.4 Å². The summed E-state index contributed by atoms with van der Waals surface area (Å²) in [5.74, 6) is -1.47. The van der Waals surface area contributed by atoms with Gasteiger partial charge < -0.3 is 5.32 Å². The van der Waals surface area contributed by atoms with Gasteiger partial charge >= 0.3 is 0 Å². The lowest BCUT2D eigenvalue weighted by Gasteiger charge is -2.08. The quantitative estimate of drug-likeness (QED) is 0.511. The van der Waals surface area contributed by atoms with Crippen molar-refractivity contribution in [3.05, 3.63) is 74.8 Å². The monoisotopic (exact) mass is 390 g/mol. The highest BCUT2D eigenvalue weighted by molar-refractivity contribution is 6.30. The minimum atomic E-state index is -0.565. The Morgan fingerprint density at radius 2 is 1.44 bits per heavy atom. The fourth-order valence-corrected chi connectivity index (χ4v) is 2.11. The molecule has 0 heterocycles. The topological polar surface area (TPSA) is 130 Å². The summed E-state index contributed by atoms with van der Waals surface area (Å²) in [4.78, 5) is 45.4. The van der Waals surface area contributed by atoms with Crippen molar-refractivity contribution in [3.8, 4) is 0 Å². The largest absolute Gasteiger partial charge is 0.352 e. The van der Waals surface area contributed by atoms with E-state index in [0.717, 1.165) is 0 Å². The van der Waals surface area contributed by atoms with E-state index < -0.39 is 22.6 Å². The molecule has 0 unspecified atom stereocenters. The number of nitrogens with zero attached hydrogens (tertiary/aromatic N) is 1. The predicted molar refractivity (Wildman–Crippen MR) is 97.1 cm³/mol. The Labute approximate surface area is 158 Å². The van der Waals surface area contributed by atoms with Gasteiger partial charge in [-0.25, -0.2) is 0 Å². The highest BCUT2D eigenvalue weighted by atomic mass is 35.5. The number of hydrogen-bond acceptors (Lipinski definition) is 5. The zero-order chi connectivity index (χ0) is 19.8. The van der Waals surface area contributed by atoms with Gasteiger partial charge in [0.25, 0.3) is 17.5 Å². The van der Waals surface area contributed by atoms with Crippen molar-refractivity contribution >= 4 is 35.0 Å². The first-order chi connectivity index (χ1) is 12.9. The standard InChI is InChI=1S/C17H15ClN4O5/c18-13-5-1-12(2-6-13)17(25)21-20-15(23)9-10-19-16(24)11-3-7-14(8-4-11)22(26)27/h1-8H,9-10H2,(H,19,24)(H,20,23)(H,21,25). The number of nitro groups is 1. The number of benzene rings is 2. The van der Waals surface area contributed by atoms with Crippen molar-refractivity contribution in [2.24, 2.45) is 0 Å². The zero-order valence-electron chi connectivity index (χ0n) is 13.9. The van der Waals surface area contributed by atoms with Crippen LogP contribution in [0.4, 0.5) is 5.69 Å². The van der Waals surface area contributed by atoms with Crippen LogP contribution in [0, 0.1) is 10.1 Å². The molecule has 0 spiro atoms. The van der Waals surface area contributed by atoms with Gasteiger partial charge in [0, 0.05) is 41.2 Å². The average Bonchev–Trinajstić information content (AvgIpc) is 2.66. The van der Waals surface area contributed by atoms with E-state index in [1.807, 2.05) is 0 Å². The van der Waals surface area contributed by atoms with Gasteiger partial charge in [0.15, 0.2) is 0 Å². The number of nitrogens with one attached hydrogen (secondary N) is 3. The zero-order valence-corrected chi connectivity index (χ0v) is 14.7. The van der Waals surface area contributed by atoms with Gasteiger partial charge in [-0.15, -0.1) is 0 Å². The minimum absolute atomic E-state index is 0.0263. The van der Waals surface area contributed by atoms with E-state index >= 15 is 0 Å². The molecule has 0 bridgehead atoms. The molecule has 2 aromatic carbocycles. The number of amides is 3. The van der Waals surface area contributed by atoms with Crippen LogP contribution in [0.15, 0.2) is 48.5 Å². The van der Waals surface area contributed by atoms with E-state index in [2.05, 4.69) is 16.2 Å². The molecule has 10 heteroatoms. The molecule has 0 aliphatic heterocycles. The first-order valence-corrected chi connectivity index (χ1v) is 8.12. The Morgan fingerprint density at radius 3 is 2.04 bits per heavy atom. The van der Waals surface area contributed by atoms with Gasteiger partial charge in [0.2, 0.25) is 5.91 Å². The molecule has 0 aromatic heterocycles. The van der Waals surface area contributed by atoms with Gasteiger partial charge in [0.05, 0.1) is 4.92 Å². The molecule has 3 N–H and O–H groups in total. The summed E-state index contributed by atoms with van der Waals surface area (Å²) < 4.78 is 0. The highest BCUT2D eigenvalue weighted by Gasteiger charge is 2.11. The van der Waals surface area contributed by atoms with Crippen molar-refractivity contribution < 1.29 is 19.3 Å². The Bertz CT molecular complexity index is 853. The average molecular weight is 391 g/mol. The lowest BCUT2D eigenvalue weighted by atomic mass is 10.2. The summed E-state index contributed by atoms with van der Waals surface area (Å²) in [6.07, 6.45) is -0.0698. The molecule has 2 rings (SSSR count). The molecule has 0 fully saturated rings. The summed E-state index contributed by atoms with van der Waals surface area (Å²) >= 11 is 5.73. The molecule has 0 saturated carbocycles. The number of nitro benzene ring substituents is 1. The SMILES string of the molecule is O=C(CCNC(=O)c1ccc([N+](=O)[O-])cc1)NNC(=O)c1ccc(Cl)cc1. The second kappa shape index (κ2) is 9.30. The van der Waals surface area contributed by atoms with Crippen molar-refractivity contribution in [1.29, 1.82) is 0 Å². The second-order valence-corrected chi connectivity index (χ2v) is 5.76. The highest BCUT2D eigenvalue weighted by Crippen LogP contribution is 2.11. The third kappa shape index (κ3) is 6.08. The number of carbonyl (C=O) groups is 3. The van der Waals surface area contributed by atoms with Crippen LogP contribution in [-0.4, -0.2) is 29.2 Å². The number of hydrazine groups is 1. The van der Waals surface area contributed by atoms with E-state index in [9.17, 15) is 24.5 Å². The lowest BCUT2D eigenvalue weighted by molar-refractivity contribution is -0.384. The Kier molecular flexibility index (Phi) is 6.84. The maximum Gasteiger partial charge on any atom is 0.269 e. The Balaban J connectivity index is 1.72. The fourth-order valence-electron chi connectivity index (χ4n) is 1.99. The van der Waals surface area contributed by atoms with Gasteiger partial charge in [-0.2, -0.15) is 0 Å². The number of carbonyl (C=O) groups excluding carboxylic acids is 3. The van der Waals surface area contributed by atoms with Crippen LogP contribution in [0.2, 0.25) is 5.02 Å². The van der Waals surface area contributed by atoms with Crippen LogP contribution in [-0.2, 0) is 4.79 Å². The van der Waals surface area contributed by atoms with Gasteiger partial charge in [-0.05, 0) is 36.4 Å². The predicted octanol–water partition coefficient (Wildman–Crippen LogP) is 1.83. The van der Waals surface area contributed by atoms with E-state index in [0.29, 0.717) is 10.6 Å². The molecule has 0 radical (unpaired) electrons. The second-order valence-electron chi connectivity index (χ2n) is 5.32. The molecule has 27 heavy (non-hydrogen) atoms. The smallest absolute Gasteiger partial charge is 0.269 e. The first-order valence-electron chi connectivity index (χ1n) is 7.74. The van der Waals surface area contributed by atoms with Crippen molar-refractivity contribution in [2.75, 3.05) is 6.54 Å². The summed E-state index contributed by atoms with van der Waals surface area (Å²) in [5, 5.41) is 13.6. The maximum atomic E-state index is 11.9. The number of rotatable bonds is 6. The van der Waals surface area contributed by atoms with E-state index in [4.69, 9.17) is 11.6 Å². The van der Waals surface area contributed by atoms with Crippen LogP contribution < -0.4 is 16.2 Å². The number of hydrogen-bond donors (Lipinski definition) is 3. The summed E-state index contributed by atoms with van der Waals surface area (Å²) in [7, 11) is 0. The maximum absolute atomic E-state index is 11.9. The van der Waals surface area contributed by atoms with Crippen molar-refractivity contribution in [3.63, 3.8) is 0 Å². The molecule has 2 aromatic rings. The van der Waals surface area contributed by atoms with Crippen molar-refractivity contribution in [1.82, 2.24) is 16.2 Å². The van der Waals surface area contributed by atoms with E-state index in [1.54, 1.807) is 12.1 Å². The summed E-state index contributed by atoms with van der Waals surface area (Å²) in [6, 6.07) is 11.2. The Hall–Kier alpha value is -3.46. The first kappa shape index (κ1) is 19.9. The van der Waals surface area contributed by atoms with Gasteiger partial charge in [-0.3, -0.25) is 35.3 Å². The van der Waals surface area contributed by atoms with Crippen LogP contribution >= 0.6 is 11.6 Å². The lowest BCUT2D eigenvalue weighted by Crippen LogP contribution is -2.42. The number of non-ortho nitro benzene ring substituents is 1. The minimum Gasteiger partial charge on any atom is -0.352 e. The molecule has 0 saturated heterocycles. The van der Waals surface area contributed by atoms with Crippen LogP contribution in [0.3, 0.4) is 0 Å². The third-order valence-corrected chi connectivity index (χ3v) is 3.65. The van der Waals surface area contributed by atoms with Crippen LogP contribution in [0.5, 0.6) is 0 Å². The fraction of sp³-hybridized carbons (Fsp3) is 0.118. The summed E-state index contributed by atoms with van der Waals surface area (Å²) in [6.45, 7) is 0.0263. The molecule has 140 valence electrons. The molecule has 9 nitrogen and oxygen atoms in total. The third-order valence-electron chi connectivity index (χ3n) is 3.40. The molecule has 3 amide bonds.